The van der Waals surface area contributed by atoms with Crippen molar-refractivity contribution in [3.05, 3.63) is 0 Å². The van der Waals surface area contributed by atoms with E-state index in [1.165, 1.54) is 25.7 Å². The first-order valence-corrected chi connectivity index (χ1v) is 8.44. The highest BCUT2D eigenvalue weighted by Crippen LogP contribution is 2.33. The van der Waals surface area contributed by atoms with Crippen molar-refractivity contribution in [1.29, 1.82) is 0 Å². The van der Waals surface area contributed by atoms with E-state index in [-0.39, 0.29) is 11.8 Å². The van der Waals surface area contributed by atoms with Gasteiger partial charge in [0.05, 0.1) is 5.75 Å². The van der Waals surface area contributed by atoms with Gasteiger partial charge in [-0.15, -0.1) is 0 Å². The fraction of sp³-hybridized carbons (Fsp3) is 1.00. The molecule has 1 atom stereocenters. The van der Waals surface area contributed by atoms with E-state index < -0.39 is 10.0 Å². The molecule has 2 aliphatic carbocycles. The highest BCUT2D eigenvalue weighted by Gasteiger charge is 2.25. The predicted octanol–water partition coefficient (Wildman–Crippen LogP) is 1.24. The van der Waals surface area contributed by atoms with Gasteiger partial charge in [0.15, 0.2) is 0 Å². The van der Waals surface area contributed by atoms with Crippen LogP contribution in [0.5, 0.6) is 0 Å². The Hall–Kier alpha value is -0.130. The lowest BCUT2D eigenvalue weighted by Gasteiger charge is -2.13. The Morgan fingerprint density at radius 1 is 1.24 bits per heavy atom. The molecule has 2 N–H and O–H groups in total. The number of hydrogen-bond donors (Lipinski definition) is 2. The van der Waals surface area contributed by atoms with Gasteiger partial charge in [-0.25, -0.2) is 13.1 Å². The van der Waals surface area contributed by atoms with Gasteiger partial charge in [0.1, 0.15) is 0 Å². The minimum Gasteiger partial charge on any atom is -0.314 e. The van der Waals surface area contributed by atoms with Crippen LogP contribution < -0.4 is 10.0 Å². The van der Waals surface area contributed by atoms with Crippen molar-refractivity contribution in [2.45, 2.75) is 57.5 Å². The Morgan fingerprint density at radius 2 is 1.94 bits per heavy atom. The first-order valence-electron chi connectivity index (χ1n) is 6.78. The first kappa shape index (κ1) is 13.3. The van der Waals surface area contributed by atoms with Gasteiger partial charge in [-0.05, 0) is 45.1 Å². The summed E-state index contributed by atoms with van der Waals surface area (Å²) in [5.41, 5.74) is 0. The molecule has 0 aromatic rings. The molecule has 0 spiro atoms. The van der Waals surface area contributed by atoms with Gasteiger partial charge < -0.3 is 5.32 Å². The van der Waals surface area contributed by atoms with E-state index in [4.69, 9.17) is 0 Å². The standard InChI is InChI=1S/C12H24N2O2S/c1-10(9-11-3-4-11)14-17(15,16)8-2-7-13-12-5-6-12/h10-14H,2-9H2,1H3. The summed E-state index contributed by atoms with van der Waals surface area (Å²) in [4.78, 5) is 0. The molecule has 0 aromatic carbocycles. The van der Waals surface area contributed by atoms with Crippen LogP contribution in [0.4, 0.5) is 0 Å². The van der Waals surface area contributed by atoms with Gasteiger partial charge in [-0.3, -0.25) is 0 Å². The first-order chi connectivity index (χ1) is 8.05. The maximum Gasteiger partial charge on any atom is 0.211 e. The monoisotopic (exact) mass is 260 g/mol. The average molecular weight is 260 g/mol. The summed E-state index contributed by atoms with van der Waals surface area (Å²) < 4.78 is 26.3. The van der Waals surface area contributed by atoms with Crippen LogP contribution in [0.1, 0.15) is 45.4 Å². The van der Waals surface area contributed by atoms with Crippen LogP contribution >= 0.6 is 0 Å². The lowest BCUT2D eigenvalue weighted by molar-refractivity contribution is 0.527. The fourth-order valence-corrected chi connectivity index (χ4v) is 3.47. The maximum atomic E-state index is 11.8. The molecule has 0 aliphatic heterocycles. The molecular weight excluding hydrogens is 236 g/mol. The van der Waals surface area contributed by atoms with Crippen LogP contribution in [-0.2, 0) is 10.0 Å². The van der Waals surface area contributed by atoms with Gasteiger partial charge >= 0.3 is 0 Å². The lowest BCUT2D eigenvalue weighted by Crippen LogP contribution is -2.35. The molecule has 0 bridgehead atoms. The van der Waals surface area contributed by atoms with Crippen LogP contribution in [-0.4, -0.2) is 32.8 Å². The SMILES string of the molecule is CC(CC1CC1)NS(=O)(=O)CCCNC1CC1. The quantitative estimate of drug-likeness (QED) is 0.613. The van der Waals surface area contributed by atoms with Crippen LogP contribution in [0.25, 0.3) is 0 Å². The van der Waals surface area contributed by atoms with Crippen molar-refractivity contribution in [2.24, 2.45) is 5.92 Å². The molecule has 2 aliphatic rings. The van der Waals surface area contributed by atoms with Gasteiger partial charge in [-0.1, -0.05) is 12.8 Å². The molecule has 2 rings (SSSR count). The summed E-state index contributed by atoms with van der Waals surface area (Å²) in [5, 5.41) is 3.33. The van der Waals surface area contributed by atoms with Crippen LogP contribution in [0.15, 0.2) is 0 Å². The largest absolute Gasteiger partial charge is 0.314 e. The zero-order valence-corrected chi connectivity index (χ0v) is 11.4. The van der Waals surface area contributed by atoms with Crippen LogP contribution in [0.3, 0.4) is 0 Å². The van der Waals surface area contributed by atoms with Crippen molar-refractivity contribution in [3.8, 4) is 0 Å². The molecule has 100 valence electrons. The third kappa shape index (κ3) is 5.84. The fourth-order valence-electron chi connectivity index (χ4n) is 2.12. The summed E-state index contributed by atoms with van der Waals surface area (Å²) >= 11 is 0. The van der Waals surface area contributed by atoms with E-state index in [9.17, 15) is 8.42 Å². The Morgan fingerprint density at radius 3 is 2.53 bits per heavy atom. The highest BCUT2D eigenvalue weighted by atomic mass is 32.2. The number of rotatable bonds is 9. The number of sulfonamides is 1. The second-order valence-electron chi connectivity index (χ2n) is 5.60. The maximum absolute atomic E-state index is 11.8. The Bertz CT molecular complexity index is 334. The summed E-state index contributed by atoms with van der Waals surface area (Å²) in [6.45, 7) is 2.79. The Labute approximate surface area is 105 Å². The molecular formula is C12H24N2O2S. The van der Waals surface area contributed by atoms with E-state index in [2.05, 4.69) is 10.0 Å². The molecule has 0 amide bonds. The van der Waals surface area contributed by atoms with Crippen molar-refractivity contribution < 1.29 is 8.42 Å². The Balaban J connectivity index is 1.58. The summed E-state index contributed by atoms with van der Waals surface area (Å²) in [6, 6.07) is 0.767. The average Bonchev–Trinajstić information content (AvgIpc) is 3.05. The van der Waals surface area contributed by atoms with Gasteiger partial charge in [0.25, 0.3) is 0 Å². The molecule has 0 radical (unpaired) electrons. The molecule has 4 nitrogen and oxygen atoms in total. The third-order valence-corrected chi connectivity index (χ3v) is 4.95. The van der Waals surface area contributed by atoms with Crippen molar-refractivity contribution in [1.82, 2.24) is 10.0 Å². The number of nitrogens with one attached hydrogen (secondary N) is 2. The molecule has 1 unspecified atom stereocenters. The summed E-state index contributed by atoms with van der Waals surface area (Å²) in [7, 11) is -3.07. The smallest absolute Gasteiger partial charge is 0.211 e. The molecule has 2 fully saturated rings. The van der Waals surface area contributed by atoms with Gasteiger partial charge in [0, 0.05) is 12.1 Å². The van der Waals surface area contributed by atoms with Crippen molar-refractivity contribution in [3.63, 3.8) is 0 Å². The van der Waals surface area contributed by atoms with E-state index in [1.807, 2.05) is 6.92 Å². The van der Waals surface area contributed by atoms with Gasteiger partial charge in [0.2, 0.25) is 10.0 Å². The van der Waals surface area contributed by atoms with E-state index >= 15 is 0 Å². The van der Waals surface area contributed by atoms with Crippen LogP contribution in [0, 0.1) is 5.92 Å². The lowest BCUT2D eigenvalue weighted by atomic mass is 10.2. The summed E-state index contributed by atoms with van der Waals surface area (Å²) in [5.74, 6) is 1.02. The molecule has 17 heavy (non-hydrogen) atoms. The molecule has 5 heteroatoms. The van der Waals surface area contributed by atoms with Crippen molar-refractivity contribution >= 4 is 10.0 Å². The zero-order chi connectivity index (χ0) is 12.3. The van der Waals surface area contributed by atoms with E-state index in [1.54, 1.807) is 0 Å². The molecule has 0 heterocycles. The Kier molecular flexibility index (Phi) is 4.44. The van der Waals surface area contributed by atoms with Crippen LogP contribution in [0.2, 0.25) is 0 Å². The normalized spacial score (nSPS) is 22.6. The van der Waals surface area contributed by atoms with E-state index in [0.717, 1.165) is 18.9 Å². The highest BCUT2D eigenvalue weighted by molar-refractivity contribution is 7.89. The number of hydrogen-bond acceptors (Lipinski definition) is 3. The van der Waals surface area contributed by atoms with Crippen molar-refractivity contribution in [2.75, 3.05) is 12.3 Å². The molecule has 0 saturated heterocycles. The predicted molar refractivity (Wildman–Crippen MR) is 69.4 cm³/mol. The van der Waals surface area contributed by atoms with E-state index in [0.29, 0.717) is 12.5 Å². The second-order valence-corrected chi connectivity index (χ2v) is 7.47. The van der Waals surface area contributed by atoms with Gasteiger partial charge in [-0.2, -0.15) is 0 Å². The minimum atomic E-state index is -3.07. The molecule has 0 aromatic heterocycles. The minimum absolute atomic E-state index is 0.101. The topological polar surface area (TPSA) is 58.2 Å². The third-order valence-electron chi connectivity index (χ3n) is 3.36. The molecule has 2 saturated carbocycles. The second kappa shape index (κ2) is 5.67. The zero-order valence-electron chi connectivity index (χ0n) is 10.6. The summed E-state index contributed by atoms with van der Waals surface area (Å²) in [6.07, 6.45) is 6.77.